The van der Waals surface area contributed by atoms with E-state index in [9.17, 15) is 0 Å². The minimum Gasteiger partial charge on any atom is -0.357 e. The zero-order chi connectivity index (χ0) is 10.7. The summed E-state index contributed by atoms with van der Waals surface area (Å²) >= 11 is 4.91. The number of hydrogen-bond acceptors (Lipinski definition) is 4. The maximum Gasteiger partial charge on any atom is 0.206 e. The van der Waals surface area contributed by atoms with Gasteiger partial charge >= 0.3 is 0 Å². The van der Waals surface area contributed by atoms with E-state index in [4.69, 9.17) is 0 Å². The molecule has 1 aromatic rings. The molecule has 15 heavy (non-hydrogen) atoms. The van der Waals surface area contributed by atoms with Crippen LogP contribution in [-0.2, 0) is 0 Å². The Morgan fingerprint density at radius 1 is 1.47 bits per heavy atom. The van der Waals surface area contributed by atoms with Crippen LogP contribution in [0.5, 0.6) is 0 Å². The lowest BCUT2D eigenvalue weighted by Crippen LogP contribution is -2.26. The fourth-order valence-corrected chi connectivity index (χ4v) is 3.41. The van der Waals surface area contributed by atoms with Crippen molar-refractivity contribution in [3.8, 4) is 0 Å². The summed E-state index contributed by atoms with van der Waals surface area (Å²) in [7, 11) is 0. The van der Waals surface area contributed by atoms with Crippen molar-refractivity contribution in [2.45, 2.75) is 45.1 Å². The first kappa shape index (κ1) is 11.3. The number of nitrogens with zero attached hydrogens (tertiary/aromatic N) is 2. The van der Waals surface area contributed by atoms with Crippen LogP contribution in [0.2, 0.25) is 0 Å². The van der Waals surface area contributed by atoms with Crippen LogP contribution in [0, 0.1) is 5.92 Å². The van der Waals surface area contributed by atoms with Crippen molar-refractivity contribution in [1.82, 2.24) is 10.2 Å². The summed E-state index contributed by atoms with van der Waals surface area (Å²) in [5.41, 5.74) is 0. The summed E-state index contributed by atoms with van der Waals surface area (Å²) in [5, 5.41) is 12.5. The molecule has 0 aliphatic heterocycles. The normalized spacial score (nSPS) is 19.3. The predicted molar refractivity (Wildman–Crippen MR) is 67.3 cm³/mol. The smallest absolute Gasteiger partial charge is 0.206 e. The molecule has 1 aliphatic carbocycles. The van der Waals surface area contributed by atoms with Crippen LogP contribution in [-0.4, -0.2) is 16.2 Å². The number of aromatic nitrogens is 2. The van der Waals surface area contributed by atoms with Crippen molar-refractivity contribution >= 4 is 32.4 Å². The molecule has 2 rings (SSSR count). The maximum atomic E-state index is 4.09. The lowest BCUT2D eigenvalue weighted by Gasteiger charge is -2.22. The fraction of sp³-hybridized carbons (Fsp3) is 0.800. The summed E-state index contributed by atoms with van der Waals surface area (Å²) in [6.07, 6.45) is 6.68. The first-order chi connectivity index (χ1) is 7.29. The Hall–Kier alpha value is -0.160. The van der Waals surface area contributed by atoms with Crippen LogP contribution in [0.25, 0.3) is 0 Å². The zero-order valence-corrected chi connectivity index (χ0v) is 11.3. The van der Waals surface area contributed by atoms with Crippen molar-refractivity contribution < 1.29 is 0 Å². The van der Waals surface area contributed by atoms with Gasteiger partial charge in [-0.3, -0.25) is 0 Å². The number of halogens is 1. The Morgan fingerprint density at radius 3 is 2.73 bits per heavy atom. The molecule has 0 amide bonds. The third kappa shape index (κ3) is 2.91. The van der Waals surface area contributed by atoms with Crippen molar-refractivity contribution in [2.75, 3.05) is 5.32 Å². The predicted octanol–water partition coefficient (Wildman–Crippen LogP) is 3.68. The number of nitrogens with one attached hydrogen (secondary N) is 1. The molecule has 0 saturated heterocycles. The van der Waals surface area contributed by atoms with Crippen molar-refractivity contribution in [3.05, 3.63) is 3.92 Å². The van der Waals surface area contributed by atoms with Crippen LogP contribution >= 0.6 is 27.3 Å². The van der Waals surface area contributed by atoms with E-state index in [2.05, 4.69) is 38.4 Å². The largest absolute Gasteiger partial charge is 0.357 e. The lowest BCUT2D eigenvalue weighted by atomic mass is 9.96. The van der Waals surface area contributed by atoms with Crippen LogP contribution in [0.4, 0.5) is 5.13 Å². The standard InChI is InChI=1S/C10H16BrN3S/c1-2-8(7-5-3-4-6-7)12-10-14-13-9(11)15-10/h7-8H,2-6H2,1H3,(H,12,14). The topological polar surface area (TPSA) is 37.8 Å². The van der Waals surface area contributed by atoms with E-state index < -0.39 is 0 Å². The molecule has 1 aromatic heterocycles. The molecule has 3 nitrogen and oxygen atoms in total. The molecule has 1 atom stereocenters. The van der Waals surface area contributed by atoms with Crippen molar-refractivity contribution in [1.29, 1.82) is 0 Å². The highest BCUT2D eigenvalue weighted by atomic mass is 79.9. The van der Waals surface area contributed by atoms with Gasteiger partial charge in [-0.2, -0.15) is 0 Å². The number of anilines is 1. The Balaban J connectivity index is 1.95. The molecule has 0 bridgehead atoms. The van der Waals surface area contributed by atoms with E-state index in [-0.39, 0.29) is 0 Å². The quantitative estimate of drug-likeness (QED) is 0.919. The highest BCUT2D eigenvalue weighted by Crippen LogP contribution is 2.31. The lowest BCUT2D eigenvalue weighted by molar-refractivity contribution is 0.446. The van der Waals surface area contributed by atoms with Gasteiger partial charge in [0.25, 0.3) is 0 Å². The van der Waals surface area contributed by atoms with Crippen molar-refractivity contribution in [3.63, 3.8) is 0 Å². The second kappa shape index (κ2) is 5.25. The SMILES string of the molecule is CCC(Nc1nnc(Br)s1)C1CCCC1. The van der Waals surface area contributed by atoms with Gasteiger partial charge in [-0.15, -0.1) is 10.2 Å². The van der Waals surface area contributed by atoms with Crippen LogP contribution in [0.15, 0.2) is 3.92 Å². The second-order valence-electron chi connectivity index (χ2n) is 4.06. The van der Waals surface area contributed by atoms with Gasteiger partial charge in [0.1, 0.15) is 0 Å². The average Bonchev–Trinajstić information content (AvgIpc) is 2.85. The van der Waals surface area contributed by atoms with E-state index in [1.807, 2.05) is 0 Å². The van der Waals surface area contributed by atoms with E-state index in [1.165, 1.54) is 32.1 Å². The second-order valence-corrected chi connectivity index (χ2v) is 6.32. The molecular formula is C10H16BrN3S. The molecule has 1 heterocycles. The summed E-state index contributed by atoms with van der Waals surface area (Å²) in [6, 6.07) is 0.576. The molecule has 0 aromatic carbocycles. The van der Waals surface area contributed by atoms with Gasteiger partial charge in [0.2, 0.25) is 5.13 Å². The molecule has 0 radical (unpaired) electrons. The van der Waals surface area contributed by atoms with E-state index in [0.717, 1.165) is 15.0 Å². The van der Waals surface area contributed by atoms with Gasteiger partial charge in [-0.1, -0.05) is 31.1 Å². The molecule has 0 spiro atoms. The first-order valence-corrected chi connectivity index (χ1v) is 7.16. The highest BCUT2D eigenvalue weighted by Gasteiger charge is 2.24. The molecule has 5 heteroatoms. The van der Waals surface area contributed by atoms with E-state index in [1.54, 1.807) is 11.3 Å². The third-order valence-corrected chi connectivity index (χ3v) is 4.41. The molecule has 1 saturated carbocycles. The monoisotopic (exact) mass is 289 g/mol. The Bertz CT molecular complexity index is 309. The fourth-order valence-electron chi connectivity index (χ4n) is 2.34. The minimum atomic E-state index is 0.576. The van der Waals surface area contributed by atoms with Crippen molar-refractivity contribution in [2.24, 2.45) is 5.92 Å². The van der Waals surface area contributed by atoms with Gasteiger partial charge in [-0.25, -0.2) is 0 Å². The van der Waals surface area contributed by atoms with E-state index >= 15 is 0 Å². The summed E-state index contributed by atoms with van der Waals surface area (Å²) in [5.74, 6) is 0.831. The van der Waals surface area contributed by atoms with Gasteiger partial charge in [0.15, 0.2) is 3.92 Å². The third-order valence-electron chi connectivity index (χ3n) is 3.12. The van der Waals surface area contributed by atoms with Gasteiger partial charge in [0.05, 0.1) is 0 Å². The summed E-state index contributed by atoms with van der Waals surface area (Å²) < 4.78 is 0.853. The molecule has 1 aliphatic rings. The molecular weight excluding hydrogens is 274 g/mol. The average molecular weight is 290 g/mol. The van der Waals surface area contributed by atoms with Gasteiger partial charge in [-0.05, 0) is 41.1 Å². The summed E-state index contributed by atoms with van der Waals surface area (Å²) in [6.45, 7) is 2.24. The molecule has 1 N–H and O–H groups in total. The van der Waals surface area contributed by atoms with Gasteiger partial charge in [0, 0.05) is 6.04 Å². The molecule has 1 fully saturated rings. The van der Waals surface area contributed by atoms with E-state index in [0.29, 0.717) is 6.04 Å². The first-order valence-electron chi connectivity index (χ1n) is 5.55. The van der Waals surface area contributed by atoms with Crippen LogP contribution < -0.4 is 5.32 Å². The van der Waals surface area contributed by atoms with Crippen LogP contribution in [0.3, 0.4) is 0 Å². The van der Waals surface area contributed by atoms with Crippen LogP contribution in [0.1, 0.15) is 39.0 Å². The Labute approximate surface area is 103 Å². The minimum absolute atomic E-state index is 0.576. The molecule has 1 unspecified atom stereocenters. The zero-order valence-electron chi connectivity index (χ0n) is 8.87. The Morgan fingerprint density at radius 2 is 2.20 bits per heavy atom. The molecule has 84 valence electrons. The summed E-state index contributed by atoms with van der Waals surface area (Å²) in [4.78, 5) is 0. The van der Waals surface area contributed by atoms with Gasteiger partial charge < -0.3 is 5.32 Å². The maximum absolute atomic E-state index is 4.09. The highest BCUT2D eigenvalue weighted by molar-refractivity contribution is 9.11. The Kier molecular flexibility index (Phi) is 3.97. The number of hydrogen-bond donors (Lipinski definition) is 1. The number of rotatable bonds is 4.